The summed E-state index contributed by atoms with van der Waals surface area (Å²) >= 11 is 0. The molecule has 0 atom stereocenters. The van der Waals surface area contributed by atoms with Crippen LogP contribution in [0, 0.1) is 6.92 Å². The molecule has 1 amide bonds. The Labute approximate surface area is 133 Å². The van der Waals surface area contributed by atoms with E-state index < -0.39 is 5.91 Å². The van der Waals surface area contributed by atoms with Crippen molar-refractivity contribution >= 4 is 11.6 Å². The molecule has 23 heavy (non-hydrogen) atoms. The van der Waals surface area contributed by atoms with E-state index in [1.165, 1.54) is 6.20 Å². The molecule has 0 unspecified atom stereocenters. The first-order valence-corrected chi connectivity index (χ1v) is 7.21. The molecule has 0 radical (unpaired) electrons. The smallest absolute Gasteiger partial charge is 0.311 e. The van der Waals surface area contributed by atoms with Crippen LogP contribution in [0.3, 0.4) is 0 Å². The molecule has 0 saturated carbocycles. The number of aliphatic hydroxyl groups is 1. The van der Waals surface area contributed by atoms with Gasteiger partial charge >= 0.3 is 5.91 Å². The molecule has 2 N–H and O–H groups in total. The maximum atomic E-state index is 12.2. The van der Waals surface area contributed by atoms with Crippen LogP contribution in [0.5, 0.6) is 0 Å². The van der Waals surface area contributed by atoms with Crippen LogP contribution >= 0.6 is 0 Å². The van der Waals surface area contributed by atoms with Crippen LogP contribution in [0.1, 0.15) is 22.0 Å². The third kappa shape index (κ3) is 3.14. The lowest BCUT2D eigenvalue weighted by molar-refractivity contribution is 0.0985. The number of aromatic nitrogens is 1. The van der Waals surface area contributed by atoms with E-state index in [0.29, 0.717) is 5.69 Å². The lowest BCUT2D eigenvalue weighted by atomic mass is 9.99. The Bertz CT molecular complexity index is 825. The number of anilines is 1. The van der Waals surface area contributed by atoms with Gasteiger partial charge < -0.3 is 14.8 Å². The zero-order valence-electron chi connectivity index (χ0n) is 12.6. The minimum Gasteiger partial charge on any atom is -0.435 e. The van der Waals surface area contributed by atoms with Gasteiger partial charge in [-0.05, 0) is 29.7 Å². The number of nitrogens with zero attached hydrogens (tertiary/aromatic N) is 1. The number of benzene rings is 2. The first-order valence-electron chi connectivity index (χ1n) is 7.21. The predicted molar refractivity (Wildman–Crippen MR) is 87.0 cm³/mol. The second-order valence-electron chi connectivity index (χ2n) is 5.09. The summed E-state index contributed by atoms with van der Waals surface area (Å²) in [4.78, 5) is 16.0. The third-order valence-corrected chi connectivity index (χ3v) is 3.57. The number of amides is 1. The van der Waals surface area contributed by atoms with E-state index in [9.17, 15) is 4.79 Å². The summed E-state index contributed by atoms with van der Waals surface area (Å²) in [7, 11) is 0. The van der Waals surface area contributed by atoms with Gasteiger partial charge in [0.15, 0.2) is 5.76 Å². The maximum Gasteiger partial charge on any atom is 0.311 e. The van der Waals surface area contributed by atoms with Gasteiger partial charge in [0, 0.05) is 5.69 Å². The Morgan fingerprint density at radius 3 is 2.65 bits per heavy atom. The Morgan fingerprint density at radius 2 is 1.96 bits per heavy atom. The number of aliphatic hydroxyl groups excluding tert-OH is 1. The molecule has 5 nitrogen and oxygen atoms in total. The van der Waals surface area contributed by atoms with E-state index in [1.807, 2.05) is 55.5 Å². The van der Waals surface area contributed by atoms with Crippen LogP contribution < -0.4 is 5.32 Å². The lowest BCUT2D eigenvalue weighted by Gasteiger charge is -2.12. The third-order valence-electron chi connectivity index (χ3n) is 3.57. The van der Waals surface area contributed by atoms with Gasteiger partial charge in [0.25, 0.3) is 5.89 Å². The molecule has 2 aromatic carbocycles. The average molecular weight is 308 g/mol. The molecule has 0 fully saturated rings. The van der Waals surface area contributed by atoms with Crippen molar-refractivity contribution in [2.24, 2.45) is 0 Å². The Kier molecular flexibility index (Phi) is 4.21. The maximum absolute atomic E-state index is 12.2. The average Bonchev–Trinajstić information content (AvgIpc) is 3.07. The molecule has 5 heteroatoms. The van der Waals surface area contributed by atoms with Crippen molar-refractivity contribution in [2.45, 2.75) is 13.5 Å². The number of nitrogens with one attached hydrogen (secondary N) is 1. The van der Waals surface area contributed by atoms with Gasteiger partial charge in [0.1, 0.15) is 6.61 Å². The van der Waals surface area contributed by atoms with Crippen molar-refractivity contribution in [2.75, 3.05) is 5.32 Å². The van der Waals surface area contributed by atoms with Gasteiger partial charge in [0.2, 0.25) is 0 Å². The number of oxazole rings is 1. The van der Waals surface area contributed by atoms with Gasteiger partial charge in [-0.15, -0.1) is 0 Å². The fraction of sp³-hybridized carbons (Fsp3) is 0.111. The molecule has 0 bridgehead atoms. The van der Waals surface area contributed by atoms with Crippen molar-refractivity contribution in [3.05, 3.63) is 71.9 Å². The Morgan fingerprint density at radius 1 is 1.17 bits per heavy atom. The van der Waals surface area contributed by atoms with E-state index in [0.717, 1.165) is 16.7 Å². The Hall–Kier alpha value is -2.92. The molecule has 0 saturated heterocycles. The monoisotopic (exact) mass is 308 g/mol. The second kappa shape index (κ2) is 6.46. The van der Waals surface area contributed by atoms with Gasteiger partial charge in [-0.25, -0.2) is 4.98 Å². The van der Waals surface area contributed by atoms with Crippen molar-refractivity contribution in [3.63, 3.8) is 0 Å². The topological polar surface area (TPSA) is 75.4 Å². The van der Waals surface area contributed by atoms with Gasteiger partial charge in [0.05, 0.1) is 6.20 Å². The molecular formula is C18H16N2O3. The normalized spacial score (nSPS) is 10.5. The number of rotatable bonds is 4. The molecule has 0 aliphatic carbocycles. The molecule has 0 aliphatic heterocycles. The summed E-state index contributed by atoms with van der Waals surface area (Å²) < 4.78 is 5.15. The summed E-state index contributed by atoms with van der Waals surface area (Å²) in [6.45, 7) is 1.66. The minimum atomic E-state index is -0.446. The first kappa shape index (κ1) is 15.0. The highest BCUT2D eigenvalue weighted by Crippen LogP contribution is 2.28. The first-order chi connectivity index (χ1) is 11.2. The highest BCUT2D eigenvalue weighted by molar-refractivity contribution is 6.02. The molecule has 0 aliphatic rings. The number of hydrogen-bond donors (Lipinski definition) is 2. The zero-order chi connectivity index (χ0) is 16.2. The van der Waals surface area contributed by atoms with Gasteiger partial charge in [-0.3, -0.25) is 4.79 Å². The van der Waals surface area contributed by atoms with Crippen LogP contribution in [0.25, 0.3) is 11.1 Å². The highest BCUT2D eigenvalue weighted by Gasteiger charge is 2.15. The quantitative estimate of drug-likeness (QED) is 0.774. The van der Waals surface area contributed by atoms with Crippen LogP contribution in [0.15, 0.2) is 59.1 Å². The summed E-state index contributed by atoms with van der Waals surface area (Å²) in [6, 6.07) is 15.7. The number of carbonyl (C=O) groups excluding carboxylic acids is 1. The summed E-state index contributed by atoms with van der Waals surface area (Å²) in [5, 5.41) is 11.8. The van der Waals surface area contributed by atoms with Crippen molar-refractivity contribution in [1.29, 1.82) is 0 Å². The number of carbonyl (C=O) groups is 1. The van der Waals surface area contributed by atoms with Crippen molar-refractivity contribution in [1.82, 2.24) is 4.98 Å². The van der Waals surface area contributed by atoms with E-state index in [-0.39, 0.29) is 18.3 Å². The van der Waals surface area contributed by atoms with Gasteiger partial charge in [-0.2, -0.15) is 0 Å². The van der Waals surface area contributed by atoms with Crippen molar-refractivity contribution in [3.8, 4) is 11.1 Å². The summed E-state index contributed by atoms with van der Waals surface area (Å²) in [6.07, 6.45) is 1.34. The predicted octanol–water partition coefficient (Wildman–Crippen LogP) is 3.39. The molecule has 0 spiro atoms. The zero-order valence-corrected chi connectivity index (χ0v) is 12.6. The molecular weight excluding hydrogens is 292 g/mol. The lowest BCUT2D eigenvalue weighted by Crippen LogP contribution is -2.13. The van der Waals surface area contributed by atoms with Crippen LogP contribution in [-0.4, -0.2) is 16.0 Å². The van der Waals surface area contributed by atoms with E-state index in [2.05, 4.69) is 10.3 Å². The van der Waals surface area contributed by atoms with Gasteiger partial charge in [-0.1, -0.05) is 42.5 Å². The largest absolute Gasteiger partial charge is 0.435 e. The fourth-order valence-electron chi connectivity index (χ4n) is 2.36. The molecule has 3 rings (SSSR count). The molecule has 1 heterocycles. The fourth-order valence-corrected chi connectivity index (χ4v) is 2.36. The minimum absolute atomic E-state index is 0.0708. The standard InChI is InChI=1S/C18H16N2O3/c1-12-15(13-6-3-2-4-7-13)8-5-9-16(12)20-17(22)18-19-10-14(11-21)23-18/h2-10,21H,11H2,1H3,(H,20,22). The summed E-state index contributed by atoms with van der Waals surface area (Å²) in [5.74, 6) is -0.263. The van der Waals surface area contributed by atoms with Crippen LogP contribution in [0.2, 0.25) is 0 Å². The second-order valence-corrected chi connectivity index (χ2v) is 5.09. The Balaban J connectivity index is 1.87. The van der Waals surface area contributed by atoms with E-state index in [1.54, 1.807) is 0 Å². The highest BCUT2D eigenvalue weighted by atomic mass is 16.4. The molecule has 3 aromatic rings. The van der Waals surface area contributed by atoms with Crippen LogP contribution in [-0.2, 0) is 6.61 Å². The molecule has 116 valence electrons. The van der Waals surface area contributed by atoms with Crippen LogP contribution in [0.4, 0.5) is 5.69 Å². The van der Waals surface area contributed by atoms with Crippen molar-refractivity contribution < 1.29 is 14.3 Å². The van der Waals surface area contributed by atoms with E-state index >= 15 is 0 Å². The molecule has 1 aromatic heterocycles. The number of hydrogen-bond acceptors (Lipinski definition) is 4. The SMILES string of the molecule is Cc1c(NC(=O)c2ncc(CO)o2)cccc1-c1ccccc1. The summed E-state index contributed by atoms with van der Waals surface area (Å²) in [5.41, 5.74) is 3.78. The van der Waals surface area contributed by atoms with E-state index in [4.69, 9.17) is 9.52 Å².